The lowest BCUT2D eigenvalue weighted by atomic mass is 10.1. The molecule has 0 aliphatic carbocycles. The van der Waals surface area contributed by atoms with Crippen LogP contribution >= 0.6 is 0 Å². The van der Waals surface area contributed by atoms with E-state index in [1.807, 2.05) is 91.3 Å². The van der Waals surface area contributed by atoms with Crippen LogP contribution in [-0.4, -0.2) is 76.7 Å². The van der Waals surface area contributed by atoms with Gasteiger partial charge in [0.05, 0.1) is 56.8 Å². The van der Waals surface area contributed by atoms with Crippen LogP contribution in [0.15, 0.2) is 140 Å². The minimum absolute atomic E-state index is 0.363. The number of methoxy groups -OCH3 is 1. The largest absolute Gasteiger partial charge is 0.491 e. The van der Waals surface area contributed by atoms with Crippen LogP contribution in [0.1, 0.15) is 0 Å². The molecule has 0 aliphatic heterocycles. The van der Waals surface area contributed by atoms with Crippen LogP contribution in [0.5, 0.6) is 5.75 Å². The zero-order chi connectivity index (χ0) is 34.7. The average molecular weight is 679 g/mol. The molecule has 7 aromatic rings. The highest BCUT2D eigenvalue weighted by Crippen LogP contribution is 2.31. The molecule has 5 aromatic carbocycles. The van der Waals surface area contributed by atoms with E-state index in [0.29, 0.717) is 56.8 Å². The summed E-state index contributed by atoms with van der Waals surface area (Å²) >= 11 is 0. The van der Waals surface area contributed by atoms with Crippen LogP contribution in [0.25, 0.3) is 56.1 Å². The lowest BCUT2D eigenvalue weighted by Crippen LogP contribution is -2.12. The quantitative estimate of drug-likeness (QED) is 0.0966. The summed E-state index contributed by atoms with van der Waals surface area (Å²) in [6.07, 6.45) is 3.83. The van der Waals surface area contributed by atoms with Crippen molar-refractivity contribution in [2.24, 2.45) is 0 Å². The van der Waals surface area contributed by atoms with Crippen molar-refractivity contribution >= 4 is 0 Å². The van der Waals surface area contributed by atoms with E-state index < -0.39 is 0 Å². The lowest BCUT2D eigenvalue weighted by Gasteiger charge is -2.10. The van der Waals surface area contributed by atoms with E-state index >= 15 is 0 Å². The highest BCUT2D eigenvalue weighted by molar-refractivity contribution is 5.72. The number of hydrogen-bond donors (Lipinski definition) is 0. The van der Waals surface area contributed by atoms with Crippen molar-refractivity contribution in [3.05, 3.63) is 140 Å². The van der Waals surface area contributed by atoms with Crippen LogP contribution in [0.4, 0.5) is 0 Å². The Kier molecular flexibility index (Phi) is 10.9. The van der Waals surface area contributed by atoms with Gasteiger partial charge in [-0.05, 0) is 64.7 Å². The molecule has 0 saturated heterocycles. The van der Waals surface area contributed by atoms with Crippen LogP contribution in [0, 0.1) is 0 Å². The molecule has 51 heavy (non-hydrogen) atoms. The maximum absolute atomic E-state index is 6.17. The first-order valence-electron chi connectivity index (χ1n) is 16.8. The number of nitrogens with zero attached hydrogens (tertiary/aromatic N) is 6. The van der Waals surface area contributed by atoms with Crippen molar-refractivity contribution < 1.29 is 18.9 Å². The first kappa shape index (κ1) is 33.6. The topological polar surface area (TPSA) is 98.3 Å². The predicted octanol–water partition coefficient (Wildman–Crippen LogP) is 7.57. The van der Waals surface area contributed by atoms with Gasteiger partial charge in [-0.15, -0.1) is 10.2 Å². The second kappa shape index (κ2) is 16.6. The van der Waals surface area contributed by atoms with E-state index in [4.69, 9.17) is 18.9 Å². The second-order valence-corrected chi connectivity index (χ2v) is 11.7. The van der Waals surface area contributed by atoms with Crippen molar-refractivity contribution in [2.75, 3.05) is 46.8 Å². The molecule has 256 valence electrons. The second-order valence-electron chi connectivity index (χ2n) is 11.7. The van der Waals surface area contributed by atoms with E-state index in [1.165, 1.54) is 0 Å². The fourth-order valence-electron chi connectivity index (χ4n) is 5.58. The van der Waals surface area contributed by atoms with E-state index in [0.717, 1.165) is 44.8 Å². The monoisotopic (exact) mass is 678 g/mol. The average Bonchev–Trinajstić information content (AvgIpc) is 3.90. The standard InChI is InChI=1S/C41H38N6O4/c1-48-20-21-49-22-23-50-24-25-51-39-27-35(40-29-46(44-42-40)37-16-12-33(13-17-37)31-8-4-2-5-9-31)26-36(28-39)41-30-47(45-43-41)38-18-14-34(15-19-38)32-10-6-3-7-11-32/h2-19,26-30H,20-25H2,1H3. The Morgan fingerprint density at radius 2 is 0.882 bits per heavy atom. The van der Waals surface area contributed by atoms with E-state index in [2.05, 4.69) is 69.2 Å². The third-order valence-corrected chi connectivity index (χ3v) is 8.26. The highest BCUT2D eigenvalue weighted by atomic mass is 16.6. The summed E-state index contributed by atoms with van der Waals surface area (Å²) in [5.74, 6) is 0.658. The van der Waals surface area contributed by atoms with Gasteiger partial charge >= 0.3 is 0 Å². The fourth-order valence-corrected chi connectivity index (χ4v) is 5.58. The first-order chi connectivity index (χ1) is 25.2. The molecule has 0 radical (unpaired) electrons. The molecule has 0 saturated carbocycles. The molecular weight excluding hydrogens is 640 g/mol. The molecule has 0 fully saturated rings. The smallest absolute Gasteiger partial charge is 0.120 e. The molecule has 7 rings (SSSR count). The molecule has 0 aliphatic rings. The molecule has 0 amide bonds. The minimum atomic E-state index is 0.363. The van der Waals surface area contributed by atoms with Gasteiger partial charge in [0.2, 0.25) is 0 Å². The van der Waals surface area contributed by atoms with Gasteiger partial charge in [-0.1, -0.05) is 95.4 Å². The fraction of sp³-hybridized carbons (Fsp3) is 0.171. The third-order valence-electron chi connectivity index (χ3n) is 8.26. The van der Waals surface area contributed by atoms with Crippen molar-refractivity contribution in [1.82, 2.24) is 30.0 Å². The third kappa shape index (κ3) is 8.63. The van der Waals surface area contributed by atoms with E-state index in [9.17, 15) is 0 Å². The Labute approximate surface area is 296 Å². The molecule has 0 unspecified atom stereocenters. The number of hydrogen-bond acceptors (Lipinski definition) is 8. The minimum Gasteiger partial charge on any atom is -0.491 e. The summed E-state index contributed by atoms with van der Waals surface area (Å²) in [6, 6.07) is 43.0. The molecule has 10 heteroatoms. The van der Waals surface area contributed by atoms with Crippen LogP contribution in [-0.2, 0) is 14.2 Å². The van der Waals surface area contributed by atoms with Crippen LogP contribution in [0.3, 0.4) is 0 Å². The van der Waals surface area contributed by atoms with Crippen molar-refractivity contribution in [1.29, 1.82) is 0 Å². The summed E-state index contributed by atoms with van der Waals surface area (Å²) in [4.78, 5) is 0. The van der Waals surface area contributed by atoms with Gasteiger partial charge in [0.25, 0.3) is 0 Å². The summed E-state index contributed by atoms with van der Waals surface area (Å²) in [5.41, 5.74) is 9.48. The summed E-state index contributed by atoms with van der Waals surface area (Å²) < 4.78 is 25.9. The molecule has 2 heterocycles. The Balaban J connectivity index is 1.10. The number of benzene rings is 5. The van der Waals surface area contributed by atoms with Gasteiger partial charge < -0.3 is 18.9 Å². The molecule has 0 atom stereocenters. The molecule has 0 spiro atoms. The Morgan fingerprint density at radius 3 is 1.35 bits per heavy atom. The lowest BCUT2D eigenvalue weighted by molar-refractivity contribution is 0.0180. The number of ether oxygens (including phenoxy) is 4. The van der Waals surface area contributed by atoms with Crippen molar-refractivity contribution in [2.45, 2.75) is 0 Å². The molecule has 2 aromatic heterocycles. The molecule has 0 N–H and O–H groups in total. The van der Waals surface area contributed by atoms with Crippen LogP contribution in [0.2, 0.25) is 0 Å². The maximum Gasteiger partial charge on any atom is 0.120 e. The van der Waals surface area contributed by atoms with E-state index in [1.54, 1.807) is 16.5 Å². The highest BCUT2D eigenvalue weighted by Gasteiger charge is 2.14. The number of rotatable bonds is 16. The van der Waals surface area contributed by atoms with Crippen molar-refractivity contribution in [3.63, 3.8) is 0 Å². The van der Waals surface area contributed by atoms with Crippen LogP contribution < -0.4 is 4.74 Å². The summed E-state index contributed by atoms with van der Waals surface area (Å²) in [5, 5.41) is 17.9. The maximum atomic E-state index is 6.17. The van der Waals surface area contributed by atoms with Crippen molar-refractivity contribution in [3.8, 4) is 61.9 Å². The normalized spacial score (nSPS) is 11.2. The van der Waals surface area contributed by atoms with Gasteiger partial charge in [-0.3, -0.25) is 0 Å². The molecule has 10 nitrogen and oxygen atoms in total. The molecule has 0 bridgehead atoms. The Hall–Kier alpha value is -5.94. The summed E-state index contributed by atoms with van der Waals surface area (Å²) in [6.45, 7) is 2.85. The van der Waals surface area contributed by atoms with Gasteiger partial charge in [0.1, 0.15) is 23.7 Å². The Morgan fingerprint density at radius 1 is 0.451 bits per heavy atom. The predicted molar refractivity (Wildman–Crippen MR) is 197 cm³/mol. The zero-order valence-corrected chi connectivity index (χ0v) is 28.3. The zero-order valence-electron chi connectivity index (χ0n) is 28.3. The first-order valence-corrected chi connectivity index (χ1v) is 16.8. The van der Waals surface area contributed by atoms with Gasteiger partial charge in [-0.25, -0.2) is 9.36 Å². The van der Waals surface area contributed by atoms with Gasteiger partial charge in [-0.2, -0.15) is 0 Å². The van der Waals surface area contributed by atoms with E-state index in [-0.39, 0.29) is 0 Å². The number of aromatic nitrogens is 6. The molecular formula is C41H38N6O4. The Bertz CT molecular complexity index is 1970. The van der Waals surface area contributed by atoms with Gasteiger partial charge in [0, 0.05) is 18.2 Å². The summed E-state index contributed by atoms with van der Waals surface area (Å²) in [7, 11) is 1.65. The van der Waals surface area contributed by atoms with Gasteiger partial charge in [0.15, 0.2) is 0 Å². The SMILES string of the molecule is COCCOCCOCCOc1cc(-c2cn(-c3ccc(-c4ccccc4)cc3)nn2)cc(-c2cn(-c3ccc(-c4ccccc4)cc3)nn2)c1.